The monoisotopic (exact) mass is 319 g/mol. The molecule has 1 heterocycles. The molecule has 2 rings (SSSR count). The van der Waals surface area contributed by atoms with E-state index in [2.05, 4.69) is 31.5 Å². The maximum atomic E-state index is 13.5. The van der Waals surface area contributed by atoms with Crippen molar-refractivity contribution in [2.75, 3.05) is 6.54 Å². The first-order valence-corrected chi connectivity index (χ1v) is 7.92. The van der Waals surface area contributed by atoms with Gasteiger partial charge in [-0.05, 0) is 30.2 Å². The number of nitrogens with one attached hydrogen (secondary N) is 1. The lowest BCUT2D eigenvalue weighted by molar-refractivity contribution is 0.596. The number of halogens is 2. The van der Waals surface area contributed by atoms with E-state index in [4.69, 9.17) is 0 Å². The number of allylic oxidation sites excluding steroid dienone is 3. The molecule has 0 bridgehead atoms. The van der Waals surface area contributed by atoms with Crippen molar-refractivity contribution >= 4 is 5.57 Å². The number of hydrogen-bond donors (Lipinski definition) is 1. The highest BCUT2D eigenvalue weighted by Gasteiger charge is 2.16. The zero-order valence-corrected chi connectivity index (χ0v) is 14.3. The van der Waals surface area contributed by atoms with Crippen molar-refractivity contribution in [3.05, 3.63) is 78.9 Å². The van der Waals surface area contributed by atoms with Crippen LogP contribution in [0.1, 0.15) is 32.8 Å². The topological polar surface area (TPSA) is 12.0 Å². The lowest BCUT2D eigenvalue weighted by atomic mass is 10.1. The average Bonchev–Trinajstić information content (AvgIpc) is 3.06. The Morgan fingerprint density at radius 3 is 2.43 bits per heavy atom. The summed E-state index contributed by atoms with van der Waals surface area (Å²) in [6.45, 7) is 13.3. The van der Waals surface area contributed by atoms with E-state index < -0.39 is 5.82 Å². The Labute approximate surface area is 139 Å². The summed E-state index contributed by atoms with van der Waals surface area (Å²) in [7, 11) is 0. The summed E-state index contributed by atoms with van der Waals surface area (Å²) < 4.78 is 26.6. The predicted molar refractivity (Wildman–Crippen MR) is 97.3 cm³/mol. The molecule has 126 valence electrons. The lowest BCUT2D eigenvalue weighted by Gasteiger charge is -2.03. The Balaban J connectivity index is 0.000000705. The second-order valence-electron chi connectivity index (χ2n) is 4.53. The van der Waals surface area contributed by atoms with E-state index in [0.717, 1.165) is 18.1 Å². The van der Waals surface area contributed by atoms with Gasteiger partial charge in [-0.25, -0.2) is 8.78 Å². The first kappa shape index (κ1) is 21.0. The van der Waals surface area contributed by atoms with Crippen molar-refractivity contribution in [3.63, 3.8) is 0 Å². The fourth-order valence-electron chi connectivity index (χ4n) is 1.90. The third kappa shape index (κ3) is 7.71. The van der Waals surface area contributed by atoms with Gasteiger partial charge >= 0.3 is 0 Å². The first-order valence-electron chi connectivity index (χ1n) is 7.92. The van der Waals surface area contributed by atoms with Crippen LogP contribution in [0.2, 0.25) is 0 Å². The molecule has 0 unspecified atom stereocenters. The molecule has 0 spiro atoms. The minimum atomic E-state index is -0.408. The summed E-state index contributed by atoms with van der Waals surface area (Å²) in [5, 5.41) is 3.22. The van der Waals surface area contributed by atoms with Crippen LogP contribution >= 0.6 is 0 Å². The fraction of sp³-hybridized carbons (Fsp3) is 0.300. The molecule has 0 radical (unpaired) electrons. The van der Waals surface area contributed by atoms with Gasteiger partial charge in [-0.2, -0.15) is 0 Å². The molecule has 1 atom stereocenters. The van der Waals surface area contributed by atoms with Crippen LogP contribution in [-0.2, 0) is 0 Å². The number of hydrogen-bond acceptors (Lipinski definition) is 1. The zero-order valence-electron chi connectivity index (χ0n) is 14.3. The van der Waals surface area contributed by atoms with Crippen molar-refractivity contribution in [1.82, 2.24) is 5.32 Å². The van der Waals surface area contributed by atoms with Crippen LogP contribution in [0.3, 0.4) is 0 Å². The minimum Gasteiger partial charge on any atom is -0.303 e. The first-order chi connectivity index (χ1) is 11.1. The van der Waals surface area contributed by atoms with Crippen molar-refractivity contribution in [2.45, 2.75) is 33.2 Å². The van der Waals surface area contributed by atoms with Crippen molar-refractivity contribution in [3.8, 4) is 0 Å². The van der Waals surface area contributed by atoms with Gasteiger partial charge in [0.15, 0.2) is 0 Å². The summed E-state index contributed by atoms with van der Waals surface area (Å²) in [6.07, 6.45) is 10.3. The Morgan fingerprint density at radius 1 is 1.22 bits per heavy atom. The van der Waals surface area contributed by atoms with Crippen LogP contribution in [0, 0.1) is 11.6 Å². The molecule has 1 aliphatic heterocycles. The van der Waals surface area contributed by atoms with Crippen LogP contribution in [-0.4, -0.2) is 12.6 Å². The van der Waals surface area contributed by atoms with Crippen LogP contribution < -0.4 is 5.32 Å². The molecule has 0 fully saturated rings. The highest BCUT2D eigenvalue weighted by atomic mass is 19.1. The van der Waals surface area contributed by atoms with E-state index in [1.807, 2.05) is 26.0 Å². The molecule has 1 aromatic carbocycles. The van der Waals surface area contributed by atoms with E-state index in [1.54, 1.807) is 12.2 Å². The lowest BCUT2D eigenvalue weighted by Crippen LogP contribution is -2.19. The molecule has 23 heavy (non-hydrogen) atoms. The molecular weight excluding hydrogens is 292 g/mol. The second kappa shape index (κ2) is 12.5. The van der Waals surface area contributed by atoms with Gasteiger partial charge in [0, 0.05) is 18.2 Å². The van der Waals surface area contributed by atoms with Gasteiger partial charge in [0.1, 0.15) is 11.6 Å². The fourth-order valence-corrected chi connectivity index (χ4v) is 1.90. The maximum Gasteiger partial charge on any atom is 0.130 e. The normalized spacial score (nSPS) is 15.9. The Kier molecular flexibility index (Phi) is 11.4. The summed E-state index contributed by atoms with van der Waals surface area (Å²) in [5.74, 6) is -0.783. The Morgan fingerprint density at radius 2 is 1.87 bits per heavy atom. The molecular formula is C20H27F2N. The molecule has 1 N–H and O–H groups in total. The van der Waals surface area contributed by atoms with E-state index in [-0.39, 0.29) is 11.9 Å². The Bertz CT molecular complexity index is 539. The SMILES string of the molecule is C=CC=C.CC.CC/C=C/[C@@H]1C=C(c2cc(F)ccc2F)CN1. The van der Waals surface area contributed by atoms with E-state index in [1.165, 1.54) is 12.1 Å². The van der Waals surface area contributed by atoms with Crippen molar-refractivity contribution < 1.29 is 8.78 Å². The molecule has 3 heteroatoms. The highest BCUT2D eigenvalue weighted by Crippen LogP contribution is 2.23. The van der Waals surface area contributed by atoms with E-state index in [9.17, 15) is 8.78 Å². The van der Waals surface area contributed by atoms with Gasteiger partial charge in [0.25, 0.3) is 0 Å². The summed E-state index contributed by atoms with van der Waals surface area (Å²) in [5.41, 5.74) is 1.16. The highest BCUT2D eigenvalue weighted by molar-refractivity contribution is 5.70. The zero-order chi connectivity index (χ0) is 17.7. The van der Waals surface area contributed by atoms with Crippen molar-refractivity contribution in [1.29, 1.82) is 0 Å². The van der Waals surface area contributed by atoms with Gasteiger partial charge in [0.05, 0.1) is 0 Å². The summed E-state index contributed by atoms with van der Waals surface area (Å²) in [4.78, 5) is 0. The minimum absolute atomic E-state index is 0.118. The van der Waals surface area contributed by atoms with E-state index in [0.29, 0.717) is 12.1 Å². The second-order valence-corrected chi connectivity index (χ2v) is 4.53. The smallest absolute Gasteiger partial charge is 0.130 e. The Hall–Kier alpha value is -2.00. The molecule has 1 aromatic rings. The molecule has 0 saturated heterocycles. The molecule has 1 aliphatic rings. The standard InChI is InChI=1S/C14H15F2N.C4H6.C2H6/c1-2-3-4-12-7-10(9-17-12)13-8-11(15)5-6-14(13)16;1-3-4-2;1-2/h3-8,12,17H,2,9H2,1H3;3-4H,1-2H2;1-2H3/b4-3+;;/t12-;;/m1../s1. The number of benzene rings is 1. The molecule has 0 saturated carbocycles. The van der Waals surface area contributed by atoms with Gasteiger partial charge in [-0.15, -0.1) is 0 Å². The van der Waals surface area contributed by atoms with Gasteiger partial charge in [-0.3, -0.25) is 0 Å². The molecule has 0 amide bonds. The quantitative estimate of drug-likeness (QED) is 0.557. The largest absolute Gasteiger partial charge is 0.303 e. The van der Waals surface area contributed by atoms with Gasteiger partial charge < -0.3 is 5.32 Å². The van der Waals surface area contributed by atoms with Gasteiger partial charge in [0.2, 0.25) is 0 Å². The van der Waals surface area contributed by atoms with Crippen LogP contribution in [0.5, 0.6) is 0 Å². The predicted octanol–water partition coefficient (Wildman–Crippen LogP) is 5.67. The van der Waals surface area contributed by atoms with Crippen LogP contribution in [0.25, 0.3) is 5.57 Å². The molecule has 0 aliphatic carbocycles. The van der Waals surface area contributed by atoms with Crippen molar-refractivity contribution in [2.24, 2.45) is 0 Å². The van der Waals surface area contributed by atoms with Crippen LogP contribution in [0.4, 0.5) is 8.78 Å². The molecule has 0 aromatic heterocycles. The third-order valence-electron chi connectivity index (χ3n) is 2.93. The summed E-state index contributed by atoms with van der Waals surface area (Å²) in [6, 6.07) is 3.67. The summed E-state index contributed by atoms with van der Waals surface area (Å²) >= 11 is 0. The average molecular weight is 319 g/mol. The maximum absolute atomic E-state index is 13.5. The van der Waals surface area contributed by atoms with Gasteiger partial charge in [-0.1, -0.05) is 64.3 Å². The van der Waals surface area contributed by atoms with Crippen LogP contribution in [0.15, 0.2) is 61.7 Å². The van der Waals surface area contributed by atoms with E-state index >= 15 is 0 Å². The third-order valence-corrected chi connectivity index (χ3v) is 2.93. The molecule has 1 nitrogen and oxygen atoms in total. The number of rotatable bonds is 4.